The van der Waals surface area contributed by atoms with Crippen molar-refractivity contribution in [1.82, 2.24) is 5.32 Å². The Morgan fingerprint density at radius 3 is 2.16 bits per heavy atom. The predicted molar refractivity (Wildman–Crippen MR) is 103 cm³/mol. The summed E-state index contributed by atoms with van der Waals surface area (Å²) in [7, 11) is 1.64. The lowest BCUT2D eigenvalue weighted by atomic mass is 10.0. The van der Waals surface area contributed by atoms with Crippen molar-refractivity contribution < 1.29 is 9.53 Å². The topological polar surface area (TPSA) is 38.3 Å². The van der Waals surface area contributed by atoms with Crippen LogP contribution in [0.25, 0.3) is 0 Å². The second kappa shape index (κ2) is 10.5. The number of rotatable bonds is 10. The molecule has 0 unspecified atom stereocenters. The monoisotopic (exact) mass is 339 g/mol. The van der Waals surface area contributed by atoms with Crippen LogP contribution in [0.5, 0.6) is 5.75 Å². The summed E-state index contributed by atoms with van der Waals surface area (Å²) in [6, 6.07) is 15.7. The van der Waals surface area contributed by atoms with Crippen molar-refractivity contribution in [3.8, 4) is 5.75 Å². The van der Waals surface area contributed by atoms with Gasteiger partial charge < -0.3 is 10.1 Å². The highest BCUT2D eigenvalue weighted by atomic mass is 16.5. The zero-order chi connectivity index (χ0) is 17.9. The van der Waals surface area contributed by atoms with Gasteiger partial charge in [0, 0.05) is 12.1 Å². The lowest BCUT2D eigenvalue weighted by molar-refractivity contribution is 0.0951. The van der Waals surface area contributed by atoms with E-state index in [-0.39, 0.29) is 5.91 Å². The third kappa shape index (κ3) is 6.61. The number of carbonyl (C=O) groups excluding carboxylic acids is 1. The molecule has 2 aromatic rings. The van der Waals surface area contributed by atoms with Gasteiger partial charge in [-0.05, 0) is 48.2 Å². The Morgan fingerprint density at radius 1 is 0.880 bits per heavy atom. The SMILES string of the molecule is CCCCCCCc1ccc(C(=O)NCc2ccc(OC)cc2)cc1. The smallest absolute Gasteiger partial charge is 0.251 e. The van der Waals surface area contributed by atoms with Crippen molar-refractivity contribution in [2.75, 3.05) is 7.11 Å². The Morgan fingerprint density at radius 2 is 1.52 bits per heavy atom. The van der Waals surface area contributed by atoms with Crippen LogP contribution in [0.1, 0.15) is 60.5 Å². The molecular weight excluding hydrogens is 310 g/mol. The largest absolute Gasteiger partial charge is 0.497 e. The van der Waals surface area contributed by atoms with Crippen molar-refractivity contribution in [3.63, 3.8) is 0 Å². The van der Waals surface area contributed by atoms with E-state index in [1.54, 1.807) is 7.11 Å². The molecule has 0 heterocycles. The molecule has 1 N–H and O–H groups in total. The average molecular weight is 339 g/mol. The molecule has 134 valence electrons. The van der Waals surface area contributed by atoms with E-state index in [2.05, 4.69) is 24.4 Å². The van der Waals surface area contributed by atoms with Gasteiger partial charge in [0.05, 0.1) is 7.11 Å². The zero-order valence-electron chi connectivity index (χ0n) is 15.4. The second-order valence-corrected chi connectivity index (χ2v) is 6.39. The molecule has 0 spiro atoms. The minimum atomic E-state index is -0.0367. The third-order valence-corrected chi connectivity index (χ3v) is 4.40. The number of amides is 1. The molecule has 0 radical (unpaired) electrons. The fourth-order valence-corrected chi connectivity index (χ4v) is 2.78. The van der Waals surface area contributed by atoms with Crippen LogP contribution in [0.4, 0.5) is 0 Å². The van der Waals surface area contributed by atoms with Crippen molar-refractivity contribution >= 4 is 5.91 Å². The summed E-state index contributed by atoms with van der Waals surface area (Å²) < 4.78 is 5.14. The van der Waals surface area contributed by atoms with Gasteiger partial charge in [-0.15, -0.1) is 0 Å². The van der Waals surface area contributed by atoms with E-state index >= 15 is 0 Å². The molecule has 3 nitrogen and oxygen atoms in total. The normalized spacial score (nSPS) is 10.5. The maximum atomic E-state index is 12.2. The van der Waals surface area contributed by atoms with E-state index in [9.17, 15) is 4.79 Å². The van der Waals surface area contributed by atoms with Crippen LogP contribution in [0.2, 0.25) is 0 Å². The average Bonchev–Trinajstić information content (AvgIpc) is 2.67. The highest BCUT2D eigenvalue weighted by Crippen LogP contribution is 2.12. The number of unbranched alkanes of at least 4 members (excludes halogenated alkanes) is 4. The molecule has 0 aliphatic heterocycles. The van der Waals surface area contributed by atoms with Crippen LogP contribution < -0.4 is 10.1 Å². The number of benzene rings is 2. The van der Waals surface area contributed by atoms with Crippen LogP contribution in [-0.2, 0) is 13.0 Å². The fraction of sp³-hybridized carbons (Fsp3) is 0.409. The van der Waals surface area contributed by atoms with Gasteiger partial charge >= 0.3 is 0 Å². The molecule has 2 aromatic carbocycles. The zero-order valence-corrected chi connectivity index (χ0v) is 15.4. The summed E-state index contributed by atoms with van der Waals surface area (Å²) in [5, 5.41) is 2.96. The number of nitrogens with one attached hydrogen (secondary N) is 1. The molecule has 1 amide bonds. The van der Waals surface area contributed by atoms with E-state index in [0.717, 1.165) is 17.7 Å². The molecule has 3 heteroatoms. The molecule has 0 saturated carbocycles. The highest BCUT2D eigenvalue weighted by molar-refractivity contribution is 5.94. The Balaban J connectivity index is 1.77. The summed E-state index contributed by atoms with van der Waals surface area (Å²) in [4.78, 5) is 12.2. The van der Waals surface area contributed by atoms with Crippen molar-refractivity contribution in [3.05, 3.63) is 65.2 Å². The van der Waals surface area contributed by atoms with Gasteiger partial charge in [0.1, 0.15) is 5.75 Å². The van der Waals surface area contributed by atoms with Crippen LogP contribution in [0.15, 0.2) is 48.5 Å². The van der Waals surface area contributed by atoms with Crippen LogP contribution in [-0.4, -0.2) is 13.0 Å². The summed E-state index contributed by atoms with van der Waals surface area (Å²) in [5.41, 5.74) is 3.07. The molecule has 0 saturated heterocycles. The lowest BCUT2D eigenvalue weighted by Crippen LogP contribution is -2.22. The quantitative estimate of drug-likeness (QED) is 0.609. The molecule has 2 rings (SSSR count). The maximum absolute atomic E-state index is 12.2. The van der Waals surface area contributed by atoms with E-state index in [1.165, 1.54) is 37.7 Å². The van der Waals surface area contributed by atoms with E-state index in [0.29, 0.717) is 12.1 Å². The van der Waals surface area contributed by atoms with Gasteiger partial charge in [0.15, 0.2) is 0 Å². The van der Waals surface area contributed by atoms with Gasteiger partial charge in [-0.3, -0.25) is 4.79 Å². The number of ether oxygens (including phenoxy) is 1. The standard InChI is InChI=1S/C22H29NO2/c1-3-4-5-6-7-8-18-9-13-20(14-10-18)22(24)23-17-19-11-15-21(25-2)16-12-19/h9-16H,3-8,17H2,1-2H3,(H,23,24). The van der Waals surface area contributed by atoms with Crippen LogP contribution in [0.3, 0.4) is 0 Å². The highest BCUT2D eigenvalue weighted by Gasteiger charge is 2.05. The number of carbonyl (C=O) groups is 1. The molecule has 0 fully saturated rings. The summed E-state index contributed by atoms with van der Waals surface area (Å²) in [6.07, 6.45) is 7.54. The number of hydrogen-bond acceptors (Lipinski definition) is 2. The summed E-state index contributed by atoms with van der Waals surface area (Å²) >= 11 is 0. The summed E-state index contributed by atoms with van der Waals surface area (Å²) in [6.45, 7) is 2.75. The Labute approximate surface area is 151 Å². The van der Waals surface area contributed by atoms with Gasteiger partial charge in [-0.1, -0.05) is 56.9 Å². The number of hydrogen-bond donors (Lipinski definition) is 1. The van der Waals surface area contributed by atoms with Crippen molar-refractivity contribution in [2.24, 2.45) is 0 Å². The number of aryl methyl sites for hydroxylation is 1. The Kier molecular flexibility index (Phi) is 8.03. The molecule has 0 bridgehead atoms. The molecule has 25 heavy (non-hydrogen) atoms. The Hall–Kier alpha value is -2.29. The minimum absolute atomic E-state index is 0.0367. The molecular formula is C22H29NO2. The van der Waals surface area contributed by atoms with Gasteiger partial charge in [0.2, 0.25) is 0 Å². The van der Waals surface area contributed by atoms with Crippen LogP contribution >= 0.6 is 0 Å². The molecule has 0 atom stereocenters. The molecule has 0 aliphatic rings. The van der Waals surface area contributed by atoms with Crippen LogP contribution in [0, 0.1) is 0 Å². The van der Waals surface area contributed by atoms with Crippen molar-refractivity contribution in [2.45, 2.75) is 52.0 Å². The maximum Gasteiger partial charge on any atom is 0.251 e. The van der Waals surface area contributed by atoms with Crippen molar-refractivity contribution in [1.29, 1.82) is 0 Å². The lowest BCUT2D eigenvalue weighted by Gasteiger charge is -2.07. The van der Waals surface area contributed by atoms with E-state index < -0.39 is 0 Å². The first-order valence-electron chi connectivity index (χ1n) is 9.23. The van der Waals surface area contributed by atoms with Gasteiger partial charge in [-0.25, -0.2) is 0 Å². The first kappa shape index (κ1) is 19.0. The second-order valence-electron chi connectivity index (χ2n) is 6.39. The molecule has 0 aromatic heterocycles. The summed E-state index contributed by atoms with van der Waals surface area (Å²) in [5.74, 6) is 0.783. The predicted octanol–water partition coefficient (Wildman–Crippen LogP) is 5.14. The minimum Gasteiger partial charge on any atom is -0.497 e. The molecule has 0 aliphatic carbocycles. The first-order valence-corrected chi connectivity index (χ1v) is 9.23. The Bertz CT molecular complexity index is 632. The third-order valence-electron chi connectivity index (χ3n) is 4.40. The van der Waals surface area contributed by atoms with E-state index in [1.807, 2.05) is 36.4 Å². The number of methoxy groups -OCH3 is 1. The van der Waals surface area contributed by atoms with E-state index in [4.69, 9.17) is 4.74 Å². The van der Waals surface area contributed by atoms with Gasteiger partial charge in [-0.2, -0.15) is 0 Å². The first-order chi connectivity index (χ1) is 12.2. The van der Waals surface area contributed by atoms with Gasteiger partial charge in [0.25, 0.3) is 5.91 Å². The fourth-order valence-electron chi connectivity index (χ4n) is 2.78.